The lowest BCUT2D eigenvalue weighted by Gasteiger charge is -2.04. The van der Waals surface area contributed by atoms with Gasteiger partial charge in [0.15, 0.2) is 5.15 Å². The highest BCUT2D eigenvalue weighted by Crippen LogP contribution is 2.26. The van der Waals surface area contributed by atoms with Crippen molar-refractivity contribution in [2.45, 2.75) is 6.92 Å². The number of halogens is 2. The third-order valence-electron chi connectivity index (χ3n) is 1.12. The average molecular weight is 192 g/mol. The van der Waals surface area contributed by atoms with Gasteiger partial charge < -0.3 is 5.32 Å². The number of rotatable bonds is 2. The van der Waals surface area contributed by atoms with Crippen molar-refractivity contribution < 1.29 is 0 Å². The van der Waals surface area contributed by atoms with E-state index in [2.05, 4.69) is 15.5 Å². The molecule has 0 amide bonds. The van der Waals surface area contributed by atoms with Crippen LogP contribution in [-0.4, -0.2) is 16.7 Å². The minimum Gasteiger partial charge on any atom is -0.382 e. The van der Waals surface area contributed by atoms with Crippen molar-refractivity contribution in [1.82, 2.24) is 10.2 Å². The monoisotopic (exact) mass is 191 g/mol. The Morgan fingerprint density at radius 2 is 2.27 bits per heavy atom. The topological polar surface area (TPSA) is 37.8 Å². The van der Waals surface area contributed by atoms with Crippen molar-refractivity contribution in [3.05, 3.63) is 16.4 Å². The molecule has 0 fully saturated rings. The largest absolute Gasteiger partial charge is 0.382 e. The predicted molar refractivity (Wildman–Crippen MR) is 46.2 cm³/mol. The maximum atomic E-state index is 5.76. The minimum absolute atomic E-state index is 0.305. The second kappa shape index (κ2) is 3.74. The highest BCUT2D eigenvalue weighted by Gasteiger charge is 2.04. The van der Waals surface area contributed by atoms with Gasteiger partial charge in [-0.2, -0.15) is 5.10 Å². The normalized spacial score (nSPS) is 9.73. The number of nitrogens with one attached hydrogen (secondary N) is 1. The molecule has 11 heavy (non-hydrogen) atoms. The number of hydrogen-bond donors (Lipinski definition) is 1. The van der Waals surface area contributed by atoms with Gasteiger partial charge in [-0.25, -0.2) is 0 Å². The van der Waals surface area contributed by atoms with Crippen LogP contribution in [0.1, 0.15) is 6.92 Å². The molecule has 5 heteroatoms. The SMILES string of the molecule is CCNc1c(Cl)cnnc1Cl. The zero-order valence-electron chi connectivity index (χ0n) is 5.93. The van der Waals surface area contributed by atoms with E-state index >= 15 is 0 Å². The van der Waals surface area contributed by atoms with Crippen molar-refractivity contribution in [3.63, 3.8) is 0 Å². The van der Waals surface area contributed by atoms with E-state index in [1.54, 1.807) is 0 Å². The molecule has 1 heterocycles. The number of aromatic nitrogens is 2. The molecule has 0 aliphatic rings. The highest BCUT2D eigenvalue weighted by molar-refractivity contribution is 6.38. The van der Waals surface area contributed by atoms with Crippen molar-refractivity contribution in [2.75, 3.05) is 11.9 Å². The minimum atomic E-state index is 0.305. The van der Waals surface area contributed by atoms with Crippen LogP contribution in [-0.2, 0) is 0 Å². The van der Waals surface area contributed by atoms with Crippen LogP contribution in [0.15, 0.2) is 6.20 Å². The van der Waals surface area contributed by atoms with Gasteiger partial charge in [0.05, 0.1) is 16.9 Å². The zero-order chi connectivity index (χ0) is 8.27. The van der Waals surface area contributed by atoms with E-state index < -0.39 is 0 Å². The molecule has 1 rings (SSSR count). The lowest BCUT2D eigenvalue weighted by atomic mass is 10.4. The van der Waals surface area contributed by atoms with E-state index in [4.69, 9.17) is 23.2 Å². The summed E-state index contributed by atoms with van der Waals surface area (Å²) in [6.45, 7) is 2.71. The molecular formula is C6H7Cl2N3. The molecule has 1 N–H and O–H groups in total. The van der Waals surface area contributed by atoms with Crippen molar-refractivity contribution >= 4 is 28.9 Å². The molecular weight excluding hydrogens is 185 g/mol. The van der Waals surface area contributed by atoms with Crippen molar-refractivity contribution in [2.24, 2.45) is 0 Å². The van der Waals surface area contributed by atoms with Gasteiger partial charge in [-0.15, -0.1) is 5.10 Å². The van der Waals surface area contributed by atoms with E-state index in [1.165, 1.54) is 6.20 Å². The quantitative estimate of drug-likeness (QED) is 0.780. The van der Waals surface area contributed by atoms with Crippen LogP contribution in [0, 0.1) is 0 Å². The molecule has 0 saturated carbocycles. The first-order valence-electron chi connectivity index (χ1n) is 3.16. The molecule has 0 aliphatic carbocycles. The smallest absolute Gasteiger partial charge is 0.176 e. The van der Waals surface area contributed by atoms with E-state index in [1.807, 2.05) is 6.92 Å². The Kier molecular flexibility index (Phi) is 2.91. The molecule has 0 saturated heterocycles. The summed E-state index contributed by atoms with van der Waals surface area (Å²) in [5, 5.41) is 11.0. The third kappa shape index (κ3) is 1.94. The maximum Gasteiger partial charge on any atom is 0.176 e. The van der Waals surface area contributed by atoms with E-state index in [0.29, 0.717) is 15.9 Å². The van der Waals surface area contributed by atoms with Gasteiger partial charge in [0.1, 0.15) is 0 Å². The van der Waals surface area contributed by atoms with Crippen LogP contribution in [0.4, 0.5) is 5.69 Å². The number of nitrogens with zero attached hydrogens (tertiary/aromatic N) is 2. The summed E-state index contributed by atoms with van der Waals surface area (Å²) in [6, 6.07) is 0. The summed E-state index contributed by atoms with van der Waals surface area (Å²) in [4.78, 5) is 0. The summed E-state index contributed by atoms with van der Waals surface area (Å²) in [5.74, 6) is 0. The van der Waals surface area contributed by atoms with Crippen LogP contribution in [0.3, 0.4) is 0 Å². The third-order valence-corrected chi connectivity index (χ3v) is 1.67. The first-order valence-corrected chi connectivity index (χ1v) is 3.92. The molecule has 0 aliphatic heterocycles. The Morgan fingerprint density at radius 1 is 1.55 bits per heavy atom. The maximum absolute atomic E-state index is 5.76. The summed E-state index contributed by atoms with van der Waals surface area (Å²) >= 11 is 11.4. The molecule has 1 aromatic heterocycles. The number of anilines is 1. The van der Waals surface area contributed by atoms with Crippen LogP contribution in [0.2, 0.25) is 10.2 Å². The molecule has 0 atom stereocenters. The molecule has 0 bridgehead atoms. The Bertz CT molecular complexity index is 231. The van der Waals surface area contributed by atoms with Crippen LogP contribution < -0.4 is 5.32 Å². The molecule has 0 spiro atoms. The molecule has 0 aromatic carbocycles. The Hall–Kier alpha value is -0.540. The van der Waals surface area contributed by atoms with Gasteiger partial charge >= 0.3 is 0 Å². The van der Waals surface area contributed by atoms with Crippen LogP contribution in [0.25, 0.3) is 0 Å². The molecule has 60 valence electrons. The first kappa shape index (κ1) is 8.56. The fourth-order valence-corrected chi connectivity index (χ4v) is 1.14. The lowest BCUT2D eigenvalue weighted by molar-refractivity contribution is 1.03. The van der Waals surface area contributed by atoms with Gasteiger partial charge in [0.2, 0.25) is 0 Å². The van der Waals surface area contributed by atoms with Crippen LogP contribution in [0.5, 0.6) is 0 Å². The van der Waals surface area contributed by atoms with Crippen LogP contribution >= 0.6 is 23.2 Å². The van der Waals surface area contributed by atoms with E-state index in [9.17, 15) is 0 Å². The average Bonchev–Trinajstić information content (AvgIpc) is 1.97. The molecule has 1 aromatic rings. The predicted octanol–water partition coefficient (Wildman–Crippen LogP) is 2.22. The fraction of sp³-hybridized carbons (Fsp3) is 0.333. The van der Waals surface area contributed by atoms with Gasteiger partial charge in [-0.3, -0.25) is 0 Å². The highest BCUT2D eigenvalue weighted by atomic mass is 35.5. The van der Waals surface area contributed by atoms with E-state index in [0.717, 1.165) is 6.54 Å². The van der Waals surface area contributed by atoms with Gasteiger partial charge in [0.25, 0.3) is 0 Å². The van der Waals surface area contributed by atoms with Crippen molar-refractivity contribution in [3.8, 4) is 0 Å². The summed E-state index contributed by atoms with van der Waals surface area (Å²) < 4.78 is 0. The molecule has 0 radical (unpaired) electrons. The fourth-order valence-electron chi connectivity index (χ4n) is 0.677. The molecule has 0 unspecified atom stereocenters. The Morgan fingerprint density at radius 3 is 2.82 bits per heavy atom. The lowest BCUT2D eigenvalue weighted by Crippen LogP contribution is -1.99. The van der Waals surface area contributed by atoms with Gasteiger partial charge in [-0.1, -0.05) is 23.2 Å². The van der Waals surface area contributed by atoms with Crippen molar-refractivity contribution in [1.29, 1.82) is 0 Å². The second-order valence-electron chi connectivity index (χ2n) is 1.89. The summed E-state index contributed by atoms with van der Waals surface area (Å²) in [6.07, 6.45) is 1.45. The second-order valence-corrected chi connectivity index (χ2v) is 2.65. The number of hydrogen-bond acceptors (Lipinski definition) is 3. The summed E-state index contributed by atoms with van der Waals surface area (Å²) in [5.41, 5.74) is 0.644. The van der Waals surface area contributed by atoms with E-state index in [-0.39, 0.29) is 0 Å². The Labute approximate surface area is 74.7 Å². The first-order chi connectivity index (χ1) is 5.25. The van der Waals surface area contributed by atoms with Gasteiger partial charge in [0, 0.05) is 6.54 Å². The zero-order valence-corrected chi connectivity index (χ0v) is 7.45. The van der Waals surface area contributed by atoms with Gasteiger partial charge in [-0.05, 0) is 6.92 Å². The summed E-state index contributed by atoms with van der Waals surface area (Å²) in [7, 11) is 0. The Balaban J connectivity index is 3.00. The standard InChI is InChI=1S/C6H7Cl2N3/c1-2-9-5-4(7)3-10-11-6(5)8/h3H,2H2,1H3,(H,9,10). The molecule has 3 nitrogen and oxygen atoms in total.